The number of amides is 1. The largest absolute Gasteiger partial charge is 0.503 e. The Balaban J connectivity index is 2.88. The number of methoxy groups -OCH3 is 1. The van der Waals surface area contributed by atoms with Crippen LogP contribution in [0, 0.1) is 0 Å². The van der Waals surface area contributed by atoms with Gasteiger partial charge in [0.05, 0.1) is 13.7 Å². The van der Waals surface area contributed by atoms with Gasteiger partial charge in [-0.25, -0.2) is 4.79 Å². The molecule has 0 aliphatic carbocycles. The lowest BCUT2D eigenvalue weighted by Crippen LogP contribution is -2.18. The molecule has 1 amide bonds. The minimum Gasteiger partial charge on any atom is -0.503 e. The third-order valence-corrected chi connectivity index (χ3v) is 1.36. The van der Waals surface area contributed by atoms with Gasteiger partial charge in [0, 0.05) is 0 Å². The summed E-state index contributed by atoms with van der Waals surface area (Å²) in [6.45, 7) is 0.0390. The van der Waals surface area contributed by atoms with Crippen LogP contribution >= 0.6 is 0 Å². The van der Waals surface area contributed by atoms with Crippen LogP contribution in [0.15, 0.2) is 11.3 Å². The Morgan fingerprint density at radius 1 is 1.73 bits per heavy atom. The number of rotatable bonds is 1. The first-order valence-electron chi connectivity index (χ1n) is 2.95. The van der Waals surface area contributed by atoms with Gasteiger partial charge in [0.2, 0.25) is 0 Å². The van der Waals surface area contributed by atoms with E-state index in [9.17, 15) is 9.59 Å². The van der Waals surface area contributed by atoms with Gasteiger partial charge in [-0.1, -0.05) is 0 Å². The van der Waals surface area contributed by atoms with Crippen molar-refractivity contribution in [3.05, 3.63) is 11.3 Å². The van der Waals surface area contributed by atoms with Crippen LogP contribution in [0.4, 0.5) is 0 Å². The third kappa shape index (κ3) is 1.17. The minimum absolute atomic E-state index is 0.0162. The Morgan fingerprint density at radius 2 is 2.36 bits per heavy atom. The summed E-state index contributed by atoms with van der Waals surface area (Å²) in [5, 5.41) is 11.2. The van der Waals surface area contributed by atoms with Crippen molar-refractivity contribution in [3.63, 3.8) is 0 Å². The Kier molecular flexibility index (Phi) is 1.80. The first-order chi connectivity index (χ1) is 5.16. The average molecular weight is 157 g/mol. The molecule has 0 spiro atoms. The van der Waals surface area contributed by atoms with Gasteiger partial charge >= 0.3 is 5.97 Å². The number of esters is 1. The van der Waals surface area contributed by atoms with Gasteiger partial charge in [0.15, 0.2) is 5.76 Å². The first-order valence-corrected chi connectivity index (χ1v) is 2.95. The third-order valence-electron chi connectivity index (χ3n) is 1.36. The topological polar surface area (TPSA) is 75.6 Å². The minimum atomic E-state index is -0.680. The molecule has 0 saturated carbocycles. The number of nitrogens with one attached hydrogen (secondary N) is 1. The Morgan fingerprint density at radius 3 is 2.73 bits per heavy atom. The molecular formula is C6H7NO4. The summed E-state index contributed by atoms with van der Waals surface area (Å²) < 4.78 is 4.30. The number of aliphatic hydroxyl groups excluding tert-OH is 1. The van der Waals surface area contributed by atoms with Crippen LogP contribution in [-0.2, 0) is 14.3 Å². The molecule has 1 rings (SSSR count). The first kappa shape index (κ1) is 7.59. The van der Waals surface area contributed by atoms with Crippen molar-refractivity contribution in [1.82, 2.24) is 5.32 Å². The number of hydrogen-bond acceptors (Lipinski definition) is 4. The van der Waals surface area contributed by atoms with Crippen LogP contribution in [0.5, 0.6) is 0 Å². The van der Waals surface area contributed by atoms with E-state index < -0.39 is 17.6 Å². The molecular weight excluding hydrogens is 150 g/mol. The van der Waals surface area contributed by atoms with Gasteiger partial charge in [0.1, 0.15) is 5.57 Å². The van der Waals surface area contributed by atoms with Crippen molar-refractivity contribution in [1.29, 1.82) is 0 Å². The highest BCUT2D eigenvalue weighted by atomic mass is 16.5. The van der Waals surface area contributed by atoms with Gasteiger partial charge in [-0.15, -0.1) is 0 Å². The molecule has 5 nitrogen and oxygen atoms in total. The summed E-state index contributed by atoms with van der Waals surface area (Å²) in [6, 6.07) is 0. The van der Waals surface area contributed by atoms with Crippen molar-refractivity contribution in [2.45, 2.75) is 0 Å². The molecule has 11 heavy (non-hydrogen) atoms. The second kappa shape index (κ2) is 2.61. The van der Waals surface area contributed by atoms with E-state index in [1.807, 2.05) is 0 Å². The van der Waals surface area contributed by atoms with E-state index in [-0.39, 0.29) is 12.1 Å². The number of ether oxygens (including phenoxy) is 1. The second-order valence-electron chi connectivity index (χ2n) is 2.00. The summed E-state index contributed by atoms with van der Waals surface area (Å²) in [6.07, 6.45) is 0. The number of carbonyl (C=O) groups is 2. The lowest BCUT2D eigenvalue weighted by atomic mass is 10.3. The van der Waals surface area contributed by atoms with Crippen LogP contribution in [0.1, 0.15) is 0 Å². The molecule has 0 fully saturated rings. The van der Waals surface area contributed by atoms with Crippen LogP contribution in [0.25, 0.3) is 0 Å². The SMILES string of the molecule is COC(=O)C1=C(O)C(=O)NC1. The van der Waals surface area contributed by atoms with Crippen molar-refractivity contribution < 1.29 is 19.4 Å². The lowest BCUT2D eigenvalue weighted by molar-refractivity contribution is -0.136. The Bertz CT molecular complexity index is 243. The summed E-state index contributed by atoms with van der Waals surface area (Å²) in [5.74, 6) is -1.86. The lowest BCUT2D eigenvalue weighted by Gasteiger charge is -1.96. The molecule has 2 N–H and O–H groups in total. The van der Waals surface area contributed by atoms with E-state index in [1.165, 1.54) is 7.11 Å². The van der Waals surface area contributed by atoms with Crippen LogP contribution in [0.2, 0.25) is 0 Å². The van der Waals surface area contributed by atoms with Crippen LogP contribution in [-0.4, -0.2) is 30.6 Å². The van der Waals surface area contributed by atoms with Gasteiger partial charge in [-0.2, -0.15) is 0 Å². The highest BCUT2D eigenvalue weighted by molar-refractivity contribution is 6.04. The van der Waals surface area contributed by atoms with Crippen LogP contribution < -0.4 is 5.32 Å². The molecule has 0 saturated heterocycles. The summed E-state index contributed by atoms with van der Waals surface area (Å²) in [5.41, 5.74) is -0.0162. The highest BCUT2D eigenvalue weighted by Crippen LogP contribution is 2.08. The highest BCUT2D eigenvalue weighted by Gasteiger charge is 2.27. The molecule has 0 bridgehead atoms. The number of aliphatic hydroxyl groups is 1. The average Bonchev–Trinajstić information content (AvgIpc) is 2.32. The molecule has 1 aliphatic rings. The predicted octanol–water partition coefficient (Wildman–Crippen LogP) is -0.899. The fraction of sp³-hybridized carbons (Fsp3) is 0.333. The van der Waals surface area contributed by atoms with Gasteiger partial charge in [-0.3, -0.25) is 4.79 Å². The van der Waals surface area contributed by atoms with Crippen LogP contribution in [0.3, 0.4) is 0 Å². The fourth-order valence-corrected chi connectivity index (χ4v) is 0.765. The normalized spacial score (nSPS) is 16.6. The second-order valence-corrected chi connectivity index (χ2v) is 2.00. The Labute approximate surface area is 62.6 Å². The predicted molar refractivity (Wildman–Crippen MR) is 34.7 cm³/mol. The quantitative estimate of drug-likeness (QED) is 0.484. The monoisotopic (exact) mass is 157 g/mol. The summed E-state index contributed by atoms with van der Waals surface area (Å²) in [4.78, 5) is 21.3. The molecule has 1 aliphatic heterocycles. The Hall–Kier alpha value is -1.52. The molecule has 0 aromatic rings. The van der Waals surface area contributed by atoms with Crippen molar-refractivity contribution >= 4 is 11.9 Å². The van der Waals surface area contributed by atoms with E-state index in [1.54, 1.807) is 0 Å². The zero-order chi connectivity index (χ0) is 8.43. The van der Waals surface area contributed by atoms with E-state index in [2.05, 4.69) is 10.1 Å². The zero-order valence-electron chi connectivity index (χ0n) is 5.88. The van der Waals surface area contributed by atoms with Crippen molar-refractivity contribution in [3.8, 4) is 0 Å². The van der Waals surface area contributed by atoms with E-state index in [4.69, 9.17) is 5.11 Å². The molecule has 0 radical (unpaired) electrons. The molecule has 0 aromatic heterocycles. The van der Waals surface area contributed by atoms with Gasteiger partial charge < -0.3 is 15.2 Å². The van der Waals surface area contributed by atoms with Gasteiger partial charge in [0.25, 0.3) is 5.91 Å². The van der Waals surface area contributed by atoms with E-state index >= 15 is 0 Å². The fourth-order valence-electron chi connectivity index (χ4n) is 0.765. The standard InChI is InChI=1S/C6H7NO4/c1-11-6(10)3-2-7-5(9)4(3)8/h8H,2H2,1H3,(H,7,9). The van der Waals surface area contributed by atoms with E-state index in [0.29, 0.717) is 0 Å². The van der Waals surface area contributed by atoms with Crippen molar-refractivity contribution in [2.24, 2.45) is 0 Å². The van der Waals surface area contributed by atoms with Gasteiger partial charge in [-0.05, 0) is 0 Å². The molecule has 0 unspecified atom stereocenters. The molecule has 1 heterocycles. The van der Waals surface area contributed by atoms with Crippen molar-refractivity contribution in [2.75, 3.05) is 13.7 Å². The molecule has 5 heteroatoms. The zero-order valence-corrected chi connectivity index (χ0v) is 5.88. The number of hydrogen-bond donors (Lipinski definition) is 2. The smallest absolute Gasteiger partial charge is 0.339 e. The molecule has 0 aromatic carbocycles. The van der Waals surface area contributed by atoms with E-state index in [0.717, 1.165) is 0 Å². The molecule has 60 valence electrons. The molecule has 0 atom stereocenters. The maximum atomic E-state index is 10.7. The maximum Gasteiger partial charge on any atom is 0.339 e. The maximum absolute atomic E-state index is 10.7. The summed E-state index contributed by atoms with van der Waals surface area (Å²) in [7, 11) is 1.19. The number of carbonyl (C=O) groups excluding carboxylic acids is 2. The summed E-state index contributed by atoms with van der Waals surface area (Å²) >= 11 is 0.